The molecule has 0 fully saturated rings. The number of nitrogens with one attached hydrogen (secondary N) is 15. The average Bonchev–Trinajstić information content (AvgIpc) is 1.64. The predicted octanol–water partition coefficient (Wildman–Crippen LogP) is -0.730. The van der Waals surface area contributed by atoms with Crippen molar-refractivity contribution in [1.82, 2.24) is 79.4 Å². The lowest BCUT2D eigenvalue weighted by Gasteiger charge is -2.29. The Hall–Kier alpha value is -10.9. The number of nitrogens with two attached hydrogens (primary N) is 8. The molecule has 31 N–H and O–H groups in total. The van der Waals surface area contributed by atoms with Crippen LogP contribution >= 0.6 is 0 Å². The maximum atomic E-state index is 15.1. The van der Waals surface area contributed by atoms with Crippen molar-refractivity contribution >= 4 is 105 Å². The van der Waals surface area contributed by atoms with E-state index in [9.17, 15) is 67.1 Å². The molecule has 0 saturated carbocycles. The summed E-state index contributed by atoms with van der Waals surface area (Å²) >= 11 is 0. The van der Waals surface area contributed by atoms with E-state index in [1.54, 1.807) is 78.1 Å². The number of hydrogen-bond donors (Lipinski definition) is 23. The van der Waals surface area contributed by atoms with E-state index in [1.165, 1.54) is 6.92 Å². The van der Waals surface area contributed by atoms with Gasteiger partial charge >= 0.3 is 0 Å². The Bertz CT molecular complexity index is 4050. The first-order chi connectivity index (χ1) is 60.6. The molecule has 128 heavy (non-hydrogen) atoms. The van der Waals surface area contributed by atoms with Crippen LogP contribution in [0.2, 0.25) is 0 Å². The molecule has 0 aliphatic carbocycles. The van der Waals surface area contributed by atoms with Gasteiger partial charge in [0.05, 0.1) is 12.6 Å². The number of carbonyl (C=O) groups is 15. The van der Waals surface area contributed by atoms with E-state index in [1.807, 2.05) is 65.8 Å². The Morgan fingerprint density at radius 3 is 1.18 bits per heavy atom. The Balaban J connectivity index is 1.90. The Morgan fingerprint density at radius 1 is 0.367 bits per heavy atom. The molecule has 0 bridgehead atoms. The molecule has 15 amide bonds. The summed E-state index contributed by atoms with van der Waals surface area (Å²) in [6.45, 7) is 22.9. The predicted molar refractivity (Wildman–Crippen MR) is 492 cm³/mol. The van der Waals surface area contributed by atoms with Gasteiger partial charge in [0.2, 0.25) is 88.6 Å². The number of amides is 15. The van der Waals surface area contributed by atoms with Crippen LogP contribution in [0.15, 0.2) is 65.8 Å². The number of H-pyrrole nitrogens is 1. The third-order valence-electron chi connectivity index (χ3n) is 21.8. The number of para-hydroxylation sites is 1. The number of carbonyl (C=O) groups excluding carboxylic acids is 15. The van der Waals surface area contributed by atoms with Crippen LogP contribution in [0.3, 0.4) is 0 Å². The summed E-state index contributed by atoms with van der Waals surface area (Å²) in [6, 6.07) is -1.42. The van der Waals surface area contributed by atoms with Crippen LogP contribution in [0.1, 0.15) is 217 Å². The van der Waals surface area contributed by atoms with E-state index in [2.05, 4.69) is 84.4 Å². The van der Waals surface area contributed by atoms with Gasteiger partial charge in [-0.1, -0.05) is 144 Å². The van der Waals surface area contributed by atoms with Gasteiger partial charge in [-0.3, -0.25) is 76.9 Å². The number of rotatable bonds is 63. The van der Waals surface area contributed by atoms with E-state index >= 15 is 4.79 Å². The van der Waals surface area contributed by atoms with Gasteiger partial charge in [0.15, 0.2) is 5.96 Å². The van der Waals surface area contributed by atoms with Crippen LogP contribution in [-0.4, -0.2) is 223 Å². The SMILES string of the molecule is CC[C@H](C)[C@H](NC(=O)[C@H](CCCN=C(N)N)NC(=O)[C@H](CCCCN)NC(=O)[C@H](Cc1ccccc1)NC(=O)[C@H](CC(C)C)NC(=O)[C@H](CCCCN)NC(=O)[C@H](Cc1c[nH]c2ccccc12)NC(=O)[C@@H](N)CCCCN)C(=O)NCC(=O)N[C@@H](C)C(=O)N[C@H](C(=O)N[C@@H](CC(C)C)C(=O)N[C@@H](CCCCN)C(=O)N[C@H](C(=O)N[C@@H](CC(C)C)C(N)=O)C(C)C)C(C)C. The van der Waals surface area contributed by atoms with Crippen LogP contribution in [0.4, 0.5) is 0 Å². The second kappa shape index (κ2) is 59.3. The summed E-state index contributed by atoms with van der Waals surface area (Å²) in [7, 11) is 0. The number of aromatic nitrogens is 1. The molecule has 39 nitrogen and oxygen atoms in total. The largest absolute Gasteiger partial charge is 0.370 e. The Labute approximate surface area is 753 Å². The highest BCUT2D eigenvalue weighted by Gasteiger charge is 2.39. The monoisotopic (exact) mass is 1800 g/mol. The molecule has 39 heteroatoms. The highest BCUT2D eigenvalue weighted by molar-refractivity contribution is 6.01. The average molecular weight is 1800 g/mol. The highest BCUT2D eigenvalue weighted by Crippen LogP contribution is 2.22. The molecule has 2 aromatic carbocycles. The second-order valence-corrected chi connectivity index (χ2v) is 35.1. The number of fused-ring (bicyclic) bond motifs is 1. The lowest BCUT2D eigenvalue weighted by molar-refractivity contribution is -0.136. The molecular weight excluding hydrogens is 1650 g/mol. The van der Waals surface area contributed by atoms with Crippen molar-refractivity contribution in [3.8, 4) is 0 Å². The van der Waals surface area contributed by atoms with Crippen molar-refractivity contribution in [1.29, 1.82) is 0 Å². The number of primary amides is 1. The molecule has 3 aromatic rings. The third kappa shape index (κ3) is 41.0. The van der Waals surface area contributed by atoms with Crippen molar-refractivity contribution < 1.29 is 71.9 Å². The molecule has 718 valence electrons. The van der Waals surface area contributed by atoms with Gasteiger partial charge < -0.3 is 125 Å². The van der Waals surface area contributed by atoms with E-state index in [4.69, 9.17) is 45.9 Å². The van der Waals surface area contributed by atoms with Gasteiger partial charge in [-0.2, -0.15) is 0 Å². The van der Waals surface area contributed by atoms with Crippen molar-refractivity contribution in [3.05, 3.63) is 71.9 Å². The number of hydrogen-bond acceptors (Lipinski definition) is 21. The zero-order chi connectivity index (χ0) is 95.9. The maximum Gasteiger partial charge on any atom is 0.243 e. The first kappa shape index (κ1) is 111. The van der Waals surface area contributed by atoms with Crippen molar-refractivity contribution in [2.75, 3.05) is 39.3 Å². The molecule has 15 atom stereocenters. The zero-order valence-corrected chi connectivity index (χ0v) is 77.4. The number of nitrogens with zero attached hydrogens (tertiary/aromatic N) is 1. The van der Waals surface area contributed by atoms with Gasteiger partial charge in [-0.25, -0.2) is 0 Å². The molecule has 0 radical (unpaired) electrons. The standard InChI is InChI=1S/C89H152N24O15/c1-14-55(12)74(86(126)100-49-71(114)101-56(13)76(116)111-72(53(8)9)88(128)110-68(45-52(6)7)82(122)105-64(36-23-27-41-93)80(120)112-73(54(10)11)87(127)106-66(75(95)115)43-50(2)3)113-81(121)65(37-28-42-98-89(96)97)102-78(118)62(34-21-25-39-91)103-84(124)69(46-57-29-16-15-17-30-57)109-83(123)67(44-51(4)5)108-79(119)63(35-22-26-40-92)104-85(125)70(107-77(117)60(94)32-20-24-38-90)47-58-48-99-61-33-19-18-31-59(58)61/h15-19,29-31,33,48,50-56,60,62-70,72-74,99H,14,20-28,32,34-47,49,90-94H2,1-13H3,(H2,95,115)(H,100,126)(H,101,114)(H,102,118)(H,103,124)(H,104,125)(H,105,122)(H,106,127)(H,107,117)(H,108,119)(H,109,123)(H,110,128)(H,111,116)(H,112,120)(H,113,121)(H4,96,97,98)/t55-,56-,60-,62-,63-,64-,65-,66-,67-,68-,69-,70-,72-,73-,74-/m0/s1. The summed E-state index contributed by atoms with van der Waals surface area (Å²) in [6.07, 6.45) is 6.39. The molecule has 1 heterocycles. The van der Waals surface area contributed by atoms with Gasteiger partial charge in [0.25, 0.3) is 0 Å². The van der Waals surface area contributed by atoms with Crippen LogP contribution in [-0.2, 0) is 84.8 Å². The highest BCUT2D eigenvalue weighted by atomic mass is 16.2. The van der Waals surface area contributed by atoms with Crippen molar-refractivity contribution in [2.24, 2.45) is 86.4 Å². The number of unbranched alkanes of at least 4 members (excludes halogenated alkanes) is 4. The quantitative estimate of drug-likeness (QED) is 0.0188. The lowest BCUT2D eigenvalue weighted by atomic mass is 9.97. The fourth-order valence-corrected chi connectivity index (χ4v) is 14.2. The minimum Gasteiger partial charge on any atom is -0.370 e. The third-order valence-corrected chi connectivity index (χ3v) is 21.8. The summed E-state index contributed by atoms with van der Waals surface area (Å²) in [4.78, 5) is 221. The molecule has 0 saturated heterocycles. The van der Waals surface area contributed by atoms with Crippen LogP contribution in [0, 0.1) is 35.5 Å². The summed E-state index contributed by atoms with van der Waals surface area (Å²) in [5.74, 6) is -13.8. The fourth-order valence-electron chi connectivity index (χ4n) is 14.2. The molecule has 0 unspecified atom stereocenters. The van der Waals surface area contributed by atoms with Gasteiger partial charge in [-0.05, 0) is 189 Å². The number of aliphatic imine (C=N–C) groups is 1. The summed E-state index contributed by atoms with van der Waals surface area (Å²) in [5.41, 5.74) is 48.7. The van der Waals surface area contributed by atoms with E-state index in [0.717, 1.165) is 10.9 Å². The van der Waals surface area contributed by atoms with E-state index < -0.39 is 197 Å². The molecule has 0 aliphatic heterocycles. The van der Waals surface area contributed by atoms with Gasteiger partial charge in [0, 0.05) is 36.5 Å². The maximum absolute atomic E-state index is 15.1. The van der Waals surface area contributed by atoms with Crippen molar-refractivity contribution in [3.63, 3.8) is 0 Å². The molecule has 0 spiro atoms. The zero-order valence-electron chi connectivity index (χ0n) is 77.4. The Kier molecular flexibility index (Phi) is 51.5. The van der Waals surface area contributed by atoms with Crippen LogP contribution in [0.5, 0.6) is 0 Å². The fraction of sp³-hybridized carbons (Fsp3) is 0.663. The summed E-state index contributed by atoms with van der Waals surface area (Å²) < 4.78 is 0. The summed E-state index contributed by atoms with van der Waals surface area (Å²) in [5, 5.41) is 39.1. The smallest absolute Gasteiger partial charge is 0.243 e. The van der Waals surface area contributed by atoms with Crippen LogP contribution < -0.4 is 120 Å². The molecule has 0 aliphatic rings. The first-order valence-electron chi connectivity index (χ1n) is 45.3. The minimum absolute atomic E-state index is 0.000888. The van der Waals surface area contributed by atoms with Crippen LogP contribution in [0.25, 0.3) is 10.9 Å². The second-order valence-electron chi connectivity index (χ2n) is 35.1. The molecule has 1 aromatic heterocycles. The first-order valence-corrected chi connectivity index (χ1v) is 45.3. The van der Waals surface area contributed by atoms with Gasteiger partial charge in [0.1, 0.15) is 78.5 Å². The van der Waals surface area contributed by atoms with Gasteiger partial charge in [-0.15, -0.1) is 0 Å². The van der Waals surface area contributed by atoms with E-state index in [0.29, 0.717) is 75.5 Å². The Morgan fingerprint density at radius 2 is 0.734 bits per heavy atom. The number of aromatic amines is 1. The molecule has 3 rings (SSSR count). The lowest BCUT2D eigenvalue weighted by Crippen LogP contribution is -2.61. The van der Waals surface area contributed by atoms with E-state index in [-0.39, 0.29) is 121 Å². The molecular formula is C89H152N24O15. The normalized spacial score (nSPS) is 15.0. The van der Waals surface area contributed by atoms with Crippen molar-refractivity contribution in [2.45, 2.75) is 303 Å². The number of guanidine groups is 1. The number of benzene rings is 2. The minimum atomic E-state index is -1.43. The topological polar surface area (TPSA) is 661 Å².